The van der Waals surface area contributed by atoms with Crippen LogP contribution in [-0.4, -0.2) is 42.4 Å². The molecule has 1 atom stereocenters. The Hall–Kier alpha value is -2.02. The van der Waals surface area contributed by atoms with E-state index in [1.165, 1.54) is 6.92 Å². The van der Waals surface area contributed by atoms with E-state index in [2.05, 4.69) is 5.32 Å². The van der Waals surface area contributed by atoms with Crippen molar-refractivity contribution >= 4 is 11.6 Å². The van der Waals surface area contributed by atoms with E-state index in [0.29, 0.717) is 6.42 Å². The molecular weight excluding hydrogens is 277 g/mol. The number of hydrogen-bond acceptors (Lipinski definition) is 4. The highest BCUT2D eigenvalue weighted by molar-refractivity contribution is 5.95. The number of carbonyl (C=O) groups is 1. The van der Waals surface area contributed by atoms with Crippen molar-refractivity contribution < 1.29 is 14.1 Å². The van der Waals surface area contributed by atoms with E-state index < -0.39 is 16.6 Å². The van der Waals surface area contributed by atoms with Crippen LogP contribution in [0.15, 0.2) is 12.1 Å². The quantitative estimate of drug-likeness (QED) is 0.644. The van der Waals surface area contributed by atoms with Crippen molar-refractivity contribution in [2.24, 2.45) is 0 Å². The number of benzene rings is 1. The van der Waals surface area contributed by atoms with E-state index in [0.717, 1.165) is 18.7 Å². The van der Waals surface area contributed by atoms with Crippen molar-refractivity contribution in [2.75, 3.05) is 20.6 Å². The third kappa shape index (κ3) is 4.78. The van der Waals surface area contributed by atoms with Crippen LogP contribution in [0.5, 0.6) is 0 Å². The third-order valence-electron chi connectivity index (χ3n) is 3.08. The van der Waals surface area contributed by atoms with Crippen LogP contribution >= 0.6 is 0 Å². The second kappa shape index (κ2) is 7.12. The summed E-state index contributed by atoms with van der Waals surface area (Å²) in [5.74, 6) is -1.36. The van der Waals surface area contributed by atoms with Gasteiger partial charge in [-0.2, -0.15) is 0 Å². The molecule has 1 amide bonds. The first-order valence-electron chi connectivity index (χ1n) is 6.62. The third-order valence-corrected chi connectivity index (χ3v) is 3.08. The van der Waals surface area contributed by atoms with Crippen molar-refractivity contribution in [1.82, 2.24) is 10.2 Å². The van der Waals surface area contributed by atoms with Gasteiger partial charge in [0.1, 0.15) is 5.82 Å². The summed E-state index contributed by atoms with van der Waals surface area (Å²) < 4.78 is 14.0. The number of hydrogen-bond donors (Lipinski definition) is 1. The fourth-order valence-electron chi connectivity index (χ4n) is 1.85. The van der Waals surface area contributed by atoms with E-state index in [9.17, 15) is 19.3 Å². The molecule has 0 saturated heterocycles. The van der Waals surface area contributed by atoms with Gasteiger partial charge in [0.05, 0.1) is 10.5 Å². The van der Waals surface area contributed by atoms with Crippen LogP contribution in [0.4, 0.5) is 10.1 Å². The van der Waals surface area contributed by atoms with Crippen molar-refractivity contribution in [3.05, 3.63) is 39.2 Å². The zero-order valence-corrected chi connectivity index (χ0v) is 12.6. The summed E-state index contributed by atoms with van der Waals surface area (Å²) >= 11 is 0. The normalized spacial score (nSPS) is 12.3. The van der Waals surface area contributed by atoms with Crippen molar-refractivity contribution in [3.63, 3.8) is 0 Å². The number of nitrogens with zero attached hydrogens (tertiary/aromatic N) is 2. The Morgan fingerprint density at radius 2 is 2.10 bits per heavy atom. The lowest BCUT2D eigenvalue weighted by Gasteiger charge is -2.17. The lowest BCUT2D eigenvalue weighted by atomic mass is 10.1. The van der Waals surface area contributed by atoms with Gasteiger partial charge in [-0.3, -0.25) is 14.9 Å². The van der Waals surface area contributed by atoms with E-state index in [4.69, 9.17) is 0 Å². The highest BCUT2D eigenvalue weighted by Crippen LogP contribution is 2.21. The molecule has 0 aliphatic carbocycles. The molecule has 0 radical (unpaired) electrons. The molecule has 0 saturated carbocycles. The molecular formula is C14H20FN3O3. The second-order valence-corrected chi connectivity index (χ2v) is 5.35. The van der Waals surface area contributed by atoms with Crippen LogP contribution in [0.1, 0.15) is 29.3 Å². The summed E-state index contributed by atoms with van der Waals surface area (Å²) in [5, 5.41) is 13.4. The van der Waals surface area contributed by atoms with Gasteiger partial charge in [0.25, 0.3) is 11.6 Å². The van der Waals surface area contributed by atoms with Crippen LogP contribution in [0.2, 0.25) is 0 Å². The molecule has 1 unspecified atom stereocenters. The van der Waals surface area contributed by atoms with E-state index in [1.54, 1.807) is 0 Å². The summed E-state index contributed by atoms with van der Waals surface area (Å²) in [4.78, 5) is 24.2. The molecule has 0 aliphatic rings. The lowest BCUT2D eigenvalue weighted by Crippen LogP contribution is -2.35. The Bertz CT molecular complexity index is 547. The van der Waals surface area contributed by atoms with Crippen LogP contribution in [0, 0.1) is 22.9 Å². The number of aryl methyl sites for hydroxylation is 1. The first-order valence-corrected chi connectivity index (χ1v) is 6.62. The van der Waals surface area contributed by atoms with Gasteiger partial charge in [-0.15, -0.1) is 0 Å². The number of amides is 1. The first-order chi connectivity index (χ1) is 9.72. The van der Waals surface area contributed by atoms with Gasteiger partial charge in [0.2, 0.25) is 0 Å². The smallest absolute Gasteiger partial charge is 0.270 e. The van der Waals surface area contributed by atoms with E-state index >= 15 is 0 Å². The minimum absolute atomic E-state index is 0.0790. The van der Waals surface area contributed by atoms with Gasteiger partial charge in [0, 0.05) is 18.2 Å². The molecule has 0 aromatic heterocycles. The minimum atomic E-state index is -0.724. The maximum atomic E-state index is 14.0. The SMILES string of the molecule is Cc1cc([N+](=O)[O-])cc(C(=O)NC(C)CCN(C)C)c1F. The number of non-ortho nitro benzene ring substituents is 1. The van der Waals surface area contributed by atoms with Crippen molar-refractivity contribution in [3.8, 4) is 0 Å². The highest BCUT2D eigenvalue weighted by atomic mass is 19.1. The maximum Gasteiger partial charge on any atom is 0.270 e. The van der Waals surface area contributed by atoms with E-state index in [1.807, 2.05) is 25.9 Å². The monoisotopic (exact) mass is 297 g/mol. The van der Waals surface area contributed by atoms with Gasteiger partial charge < -0.3 is 10.2 Å². The zero-order chi connectivity index (χ0) is 16.2. The Morgan fingerprint density at radius 3 is 2.62 bits per heavy atom. The average molecular weight is 297 g/mol. The molecule has 0 fully saturated rings. The van der Waals surface area contributed by atoms with Crippen LogP contribution in [0.3, 0.4) is 0 Å². The Balaban J connectivity index is 2.89. The summed E-state index contributed by atoms with van der Waals surface area (Å²) in [6.45, 7) is 3.98. The molecule has 1 N–H and O–H groups in total. The average Bonchev–Trinajstić information content (AvgIpc) is 2.38. The summed E-state index contributed by atoms with van der Waals surface area (Å²) in [5.41, 5.74) is -0.506. The van der Waals surface area contributed by atoms with Crippen LogP contribution in [-0.2, 0) is 0 Å². The molecule has 1 rings (SSSR count). The Labute approximate surface area is 123 Å². The Kier molecular flexibility index (Phi) is 5.78. The number of nitrogens with one attached hydrogen (secondary N) is 1. The van der Waals surface area contributed by atoms with Gasteiger partial charge in [-0.05, 0) is 46.5 Å². The van der Waals surface area contributed by atoms with Crippen LogP contribution in [0.25, 0.3) is 0 Å². The van der Waals surface area contributed by atoms with Gasteiger partial charge in [-0.25, -0.2) is 4.39 Å². The molecule has 1 aromatic carbocycles. The highest BCUT2D eigenvalue weighted by Gasteiger charge is 2.20. The van der Waals surface area contributed by atoms with Crippen molar-refractivity contribution in [2.45, 2.75) is 26.3 Å². The largest absolute Gasteiger partial charge is 0.349 e. The van der Waals surface area contributed by atoms with Crippen LogP contribution < -0.4 is 5.32 Å². The summed E-state index contributed by atoms with van der Waals surface area (Å²) in [6, 6.07) is 1.93. The number of nitro groups is 1. The molecule has 0 heterocycles. The number of nitro benzene ring substituents is 1. The van der Waals surface area contributed by atoms with Gasteiger partial charge in [-0.1, -0.05) is 0 Å². The fraction of sp³-hybridized carbons (Fsp3) is 0.500. The Morgan fingerprint density at radius 1 is 1.48 bits per heavy atom. The fourth-order valence-corrected chi connectivity index (χ4v) is 1.85. The molecule has 21 heavy (non-hydrogen) atoms. The summed E-state index contributed by atoms with van der Waals surface area (Å²) in [6.07, 6.45) is 0.703. The minimum Gasteiger partial charge on any atom is -0.349 e. The molecule has 0 spiro atoms. The van der Waals surface area contributed by atoms with Crippen molar-refractivity contribution in [1.29, 1.82) is 0 Å². The van der Waals surface area contributed by atoms with Gasteiger partial charge in [0.15, 0.2) is 0 Å². The molecule has 116 valence electrons. The van der Waals surface area contributed by atoms with E-state index in [-0.39, 0.29) is 22.9 Å². The molecule has 0 bridgehead atoms. The lowest BCUT2D eigenvalue weighted by molar-refractivity contribution is -0.385. The molecule has 6 nitrogen and oxygen atoms in total. The summed E-state index contributed by atoms with van der Waals surface area (Å²) in [7, 11) is 3.83. The molecule has 1 aromatic rings. The topological polar surface area (TPSA) is 75.5 Å². The number of carbonyl (C=O) groups excluding carboxylic acids is 1. The number of rotatable bonds is 6. The van der Waals surface area contributed by atoms with Gasteiger partial charge >= 0.3 is 0 Å². The predicted octanol–water partition coefficient (Wildman–Crippen LogP) is 2.11. The molecule has 0 aliphatic heterocycles. The number of halogens is 1. The first kappa shape index (κ1) is 17.0. The maximum absolute atomic E-state index is 14.0. The standard InChI is InChI=1S/C14H20FN3O3/c1-9-7-11(18(20)21)8-12(13(9)15)14(19)16-10(2)5-6-17(3)4/h7-8,10H,5-6H2,1-4H3,(H,16,19). The second-order valence-electron chi connectivity index (χ2n) is 5.35. The molecule has 7 heteroatoms. The zero-order valence-electron chi connectivity index (χ0n) is 12.6. The predicted molar refractivity (Wildman–Crippen MR) is 77.9 cm³/mol.